The Labute approximate surface area is 648 Å². The average molecular weight is 1590 g/mol. The van der Waals surface area contributed by atoms with Gasteiger partial charge in [-0.15, -0.1) is 0 Å². The number of allylic oxidation sites excluding steroid dienone is 6. The molecule has 586 valence electrons. The highest BCUT2D eigenvalue weighted by atomic mass is 35.5. The summed E-state index contributed by atoms with van der Waals surface area (Å²) in [5.74, 6) is -2.41. The van der Waals surface area contributed by atoms with Crippen LogP contribution >= 0.6 is 57.4 Å². The molecule has 0 radical (unpaired) electrons. The van der Waals surface area contributed by atoms with Crippen molar-refractivity contribution in [3.63, 3.8) is 0 Å². The van der Waals surface area contributed by atoms with Crippen LogP contribution in [0.4, 0.5) is 21.0 Å². The summed E-state index contributed by atoms with van der Waals surface area (Å²) in [7, 11) is 15.0. The van der Waals surface area contributed by atoms with Gasteiger partial charge in [-0.3, -0.25) is 29.8 Å². The number of methoxy groups -OCH3 is 4. The van der Waals surface area contributed by atoms with Gasteiger partial charge in [0.25, 0.3) is 0 Å². The zero-order chi connectivity index (χ0) is 78.8. The molecule has 1 aromatic heterocycles. The molecule has 3 aromatic rings. The number of fused-ring (bicyclic) bond motifs is 10. The lowest BCUT2D eigenvalue weighted by molar-refractivity contribution is -0.162. The largest absolute Gasteiger partial charge is 0.495 e. The summed E-state index contributed by atoms with van der Waals surface area (Å²) in [4.78, 5) is 117. The molecule has 32 heteroatoms. The molecule has 107 heavy (non-hydrogen) atoms. The SMILES string of the molecule is COc1cc2cc(c1Cl)N(C)C(=O)C[C@H](OC(=O)[C@H](C)N(C)C(=O)CCS)[C@]1(C)O[C@H]1[C@H](C)[C@@H]1C[C@@](O)(NC(=O)O1)[C@H](OC)/C=C/C=C(\C)C2.COc1cc2cc(c1Cl)N(C)C(=O)C[C@H](OC(=O)[C@H](C)N(C)C(=O)CCSSc1ccccn1)[C@]1(C)O[C@H]1[C@H](C)[C@@H]1C[C@@](O)(NC(=O)O1)[C@H](OC)/C=C/C=C(\C)C2. The van der Waals surface area contributed by atoms with Crippen molar-refractivity contribution in [1.82, 2.24) is 25.4 Å². The molecule has 0 aliphatic carbocycles. The van der Waals surface area contributed by atoms with Gasteiger partial charge in [0.1, 0.15) is 86.5 Å². The Morgan fingerprint density at radius 3 is 1.50 bits per heavy atom. The maximum Gasteiger partial charge on any atom is 0.409 e. The molecule has 0 unspecified atom stereocenters. The molecule has 6 aliphatic heterocycles. The van der Waals surface area contributed by atoms with Crippen LogP contribution in [0.25, 0.3) is 0 Å². The number of carbonyl (C=O) groups excluding carboxylic acids is 8. The number of thiol groups is 1. The third kappa shape index (κ3) is 20.5. The van der Waals surface area contributed by atoms with Crippen LogP contribution in [-0.4, -0.2) is 224 Å². The third-order valence-corrected chi connectivity index (χ3v) is 23.8. The molecule has 27 nitrogen and oxygen atoms in total. The minimum Gasteiger partial charge on any atom is -0.495 e. The number of nitrogens with one attached hydrogen (secondary N) is 2. The molecule has 7 heterocycles. The van der Waals surface area contributed by atoms with E-state index in [4.69, 9.17) is 70.6 Å². The summed E-state index contributed by atoms with van der Waals surface area (Å²) in [6, 6.07) is 10.8. The van der Waals surface area contributed by atoms with Crippen molar-refractivity contribution >= 4 is 117 Å². The average Bonchev–Trinajstić information content (AvgIpc) is 1.58. The summed E-state index contributed by atoms with van der Waals surface area (Å²) >= 11 is 17.6. The van der Waals surface area contributed by atoms with Crippen molar-refractivity contribution in [2.45, 2.75) is 195 Å². The number of benzene rings is 2. The molecule has 4 fully saturated rings. The highest BCUT2D eigenvalue weighted by Gasteiger charge is 2.66. The van der Waals surface area contributed by atoms with E-state index in [0.717, 1.165) is 27.3 Å². The van der Waals surface area contributed by atoms with Crippen LogP contribution in [0.5, 0.6) is 11.5 Å². The van der Waals surface area contributed by atoms with E-state index in [1.807, 2.05) is 44.2 Å². The Morgan fingerprint density at radius 1 is 0.692 bits per heavy atom. The highest BCUT2D eigenvalue weighted by molar-refractivity contribution is 8.76. The molecule has 8 bridgehead atoms. The summed E-state index contributed by atoms with van der Waals surface area (Å²) in [6.07, 6.45) is 3.84. The van der Waals surface area contributed by atoms with Gasteiger partial charge in [-0.1, -0.05) is 102 Å². The van der Waals surface area contributed by atoms with E-state index >= 15 is 0 Å². The Hall–Kier alpha value is -7.10. The van der Waals surface area contributed by atoms with Gasteiger partial charge in [0.15, 0.2) is 11.4 Å². The predicted molar refractivity (Wildman–Crippen MR) is 408 cm³/mol. The van der Waals surface area contributed by atoms with Crippen LogP contribution < -0.4 is 29.9 Å². The molecule has 6 aliphatic rings. The fourth-order valence-electron chi connectivity index (χ4n) is 13.5. The highest BCUT2D eigenvalue weighted by Crippen LogP contribution is 2.51. The number of aromatic nitrogens is 1. The number of nitrogens with zero attached hydrogens (tertiary/aromatic N) is 5. The van der Waals surface area contributed by atoms with Crippen LogP contribution in [0, 0.1) is 11.8 Å². The summed E-state index contributed by atoms with van der Waals surface area (Å²) in [6.45, 7) is 14.0. The standard InChI is InChI=1S/C40H51ClN4O10S2.C35H48ClN3O10S/c1-23-12-11-13-30(52-8)40(50)22-29(53-38(49)43-40)24(2)36-39(4,55-36)31(21-34(47)45(6)27-19-26(18-23)20-28(51-7)35(27)41)54-37(48)25(3)44(5)33(46)15-17-56-57-32-14-9-10-16-42-32;1-19-10-9-11-26(46-8)35(44)18-25(47-33(43)37-35)20(2)31-34(4,49-31)27(48-32(42)21(3)38(5)28(40)12-13-50)17-29(41)39(6)23-15-22(14-19)16-24(45-7)30(23)36/h9-14,16,19-20,24-25,29-31,36,50H,15,17-18,21-22H2,1-8H3,(H,43,49);9-11,15-16,20-21,25-27,31,44,50H,12-14,17-18H2,1-8H3,(H,37,43)/b13-11+,23-12+;11-9+,19-10+/t24-,25+,29+,30-,31+,36+,39+,40+;20-,21+,25+,26-,27+,31+,34+,35+/m11/s1. The first-order chi connectivity index (χ1) is 50.5. The number of amides is 6. The number of ether oxygens (including phenoxy) is 10. The number of alkyl carbamates (subject to hydrolysis) is 2. The number of likely N-dealkylation sites (N-methyl/N-ethyl adjacent to an activating group) is 2. The van der Waals surface area contributed by atoms with E-state index in [1.54, 1.807) is 103 Å². The monoisotopic (exact) mass is 1580 g/mol. The first kappa shape index (κ1) is 85.5. The van der Waals surface area contributed by atoms with Gasteiger partial charge in [-0.2, -0.15) is 12.6 Å². The van der Waals surface area contributed by atoms with E-state index < -0.39 is 131 Å². The maximum atomic E-state index is 14.2. The van der Waals surface area contributed by atoms with E-state index in [9.17, 15) is 48.6 Å². The van der Waals surface area contributed by atoms with Crippen molar-refractivity contribution in [2.75, 3.05) is 77.9 Å². The molecule has 6 amide bonds. The number of anilines is 2. The number of pyridine rings is 1. The smallest absolute Gasteiger partial charge is 0.409 e. The van der Waals surface area contributed by atoms with Gasteiger partial charge in [-0.05, 0) is 118 Å². The third-order valence-electron chi connectivity index (χ3n) is 20.6. The maximum absolute atomic E-state index is 14.2. The van der Waals surface area contributed by atoms with Gasteiger partial charge in [0.2, 0.25) is 23.6 Å². The normalized spacial score (nSPS) is 31.0. The number of aliphatic hydroxyl groups is 2. The number of hydrogen-bond acceptors (Lipinski definition) is 24. The first-order valence-corrected chi connectivity index (χ1v) is 38.7. The summed E-state index contributed by atoms with van der Waals surface area (Å²) < 4.78 is 58.4. The van der Waals surface area contributed by atoms with Gasteiger partial charge in [0.05, 0.1) is 50.6 Å². The Kier molecular flexibility index (Phi) is 29.3. The lowest BCUT2D eigenvalue weighted by Gasteiger charge is -2.42. The van der Waals surface area contributed by atoms with Gasteiger partial charge < -0.3 is 77.2 Å². The van der Waals surface area contributed by atoms with E-state index in [1.165, 1.54) is 90.6 Å². The summed E-state index contributed by atoms with van der Waals surface area (Å²) in [5.41, 5.74) is -1.84. The molecule has 2 aromatic carbocycles. The van der Waals surface area contributed by atoms with E-state index in [0.29, 0.717) is 47.2 Å². The van der Waals surface area contributed by atoms with Crippen molar-refractivity contribution < 1.29 is 95.9 Å². The number of rotatable bonds is 17. The number of esters is 2. The lowest BCUT2D eigenvalue weighted by Crippen LogP contribution is -2.63. The Balaban J connectivity index is 0.000000272. The van der Waals surface area contributed by atoms with Crippen LogP contribution in [0.2, 0.25) is 10.0 Å². The molecular formula is C75H99Cl2N7O20S3. The zero-order valence-corrected chi connectivity index (χ0v) is 67.1. The number of carbonyl (C=O) groups is 8. The van der Waals surface area contributed by atoms with Crippen molar-refractivity contribution in [3.8, 4) is 11.5 Å². The van der Waals surface area contributed by atoms with Crippen molar-refractivity contribution in [2.24, 2.45) is 11.8 Å². The Morgan fingerprint density at radius 2 is 1.11 bits per heavy atom. The van der Waals surface area contributed by atoms with Crippen LogP contribution in [-0.2, 0) is 79.5 Å². The minimum absolute atomic E-state index is 0.0489. The van der Waals surface area contributed by atoms with Crippen LogP contribution in [0.1, 0.15) is 105 Å². The van der Waals surface area contributed by atoms with Crippen LogP contribution in [0.15, 0.2) is 101 Å². The molecule has 16 atom stereocenters. The Bertz CT molecular complexity index is 3900. The fourth-order valence-corrected chi connectivity index (χ4v) is 16.2. The fraction of sp³-hybridized carbons (Fsp3) is 0.560. The van der Waals surface area contributed by atoms with E-state index in [2.05, 4.69) is 28.2 Å². The topological polar surface area (TPSA) is 326 Å². The molecular weight excluding hydrogens is 1490 g/mol. The lowest BCUT2D eigenvalue weighted by atomic mass is 9.83. The van der Waals surface area contributed by atoms with Gasteiger partial charge in [-0.25, -0.2) is 24.2 Å². The molecule has 0 saturated carbocycles. The first-order valence-electron chi connectivity index (χ1n) is 35.0. The predicted octanol–water partition coefficient (Wildman–Crippen LogP) is 9.57. The second kappa shape index (κ2) is 36.6. The number of halogens is 2. The second-order valence-electron chi connectivity index (χ2n) is 28.1. The zero-order valence-electron chi connectivity index (χ0n) is 63.1. The van der Waals surface area contributed by atoms with Crippen LogP contribution in [0.3, 0.4) is 0 Å². The molecule has 9 rings (SSSR count). The molecule has 0 spiro atoms. The molecule has 4 saturated heterocycles. The van der Waals surface area contributed by atoms with E-state index in [-0.39, 0.29) is 60.4 Å². The number of epoxide rings is 2. The molecule has 4 N–H and O–H groups in total. The quantitative estimate of drug-likeness (QED) is 0.0210. The minimum atomic E-state index is -1.83. The second-order valence-corrected chi connectivity index (χ2v) is 31.7. The van der Waals surface area contributed by atoms with Gasteiger partial charge >= 0.3 is 24.1 Å². The van der Waals surface area contributed by atoms with Crippen molar-refractivity contribution in [3.05, 3.63) is 117 Å². The van der Waals surface area contributed by atoms with Gasteiger partial charge in [0, 0.05) is 91.9 Å². The summed E-state index contributed by atoms with van der Waals surface area (Å²) in [5, 5.41) is 29.8. The van der Waals surface area contributed by atoms with Crippen molar-refractivity contribution in [1.29, 1.82) is 0 Å². The number of hydrogen-bond donors (Lipinski definition) is 5.